The van der Waals surface area contributed by atoms with Crippen LogP contribution in [-0.2, 0) is 4.79 Å². The molecule has 148 valence electrons. The van der Waals surface area contributed by atoms with Crippen LogP contribution in [0.4, 0.5) is 4.79 Å². The van der Waals surface area contributed by atoms with Gasteiger partial charge in [-0.25, -0.2) is 9.79 Å². The molecule has 2 aliphatic carbocycles. The Labute approximate surface area is 165 Å². The van der Waals surface area contributed by atoms with Crippen molar-refractivity contribution >= 4 is 23.5 Å². The number of amides is 3. The molecule has 7 nitrogen and oxygen atoms in total. The van der Waals surface area contributed by atoms with E-state index < -0.39 is 0 Å². The summed E-state index contributed by atoms with van der Waals surface area (Å²) in [6, 6.07) is 0.0293. The number of carbonyl (C=O) groups excluding carboxylic acids is 2. The lowest BCUT2D eigenvalue weighted by atomic mass is 9.94. The van der Waals surface area contributed by atoms with Gasteiger partial charge in [-0.15, -0.1) is 0 Å². The van der Waals surface area contributed by atoms with Crippen LogP contribution in [0, 0.1) is 11.8 Å². The van der Waals surface area contributed by atoms with Crippen LogP contribution in [0.2, 0.25) is 0 Å². The molecule has 4 aliphatic rings. The predicted octanol–water partition coefficient (Wildman–Crippen LogP) is 1.79. The molecule has 3 amide bonds. The van der Waals surface area contributed by atoms with E-state index in [0.717, 1.165) is 44.6 Å². The minimum absolute atomic E-state index is 0.0293. The zero-order valence-corrected chi connectivity index (χ0v) is 16.1. The Balaban J connectivity index is 1.23. The number of nitrogens with one attached hydrogen (secondary N) is 1. The summed E-state index contributed by atoms with van der Waals surface area (Å²) in [5.41, 5.74) is 0.771. The molecule has 0 spiro atoms. The quantitative estimate of drug-likeness (QED) is 0.754. The zero-order chi connectivity index (χ0) is 19.3. The Hall–Kier alpha value is -2.54. The summed E-state index contributed by atoms with van der Waals surface area (Å²) in [6.45, 7) is 4.18. The molecule has 0 aromatic rings. The number of nitrogens with zero attached hydrogens (tertiary/aromatic N) is 4. The van der Waals surface area contributed by atoms with Crippen molar-refractivity contribution in [2.75, 3.05) is 39.3 Å². The number of urea groups is 1. The van der Waals surface area contributed by atoms with Gasteiger partial charge >= 0.3 is 6.03 Å². The largest absolute Gasteiger partial charge is 0.338 e. The highest BCUT2D eigenvalue weighted by Crippen LogP contribution is 2.18. The van der Waals surface area contributed by atoms with Gasteiger partial charge in [-0.3, -0.25) is 9.69 Å². The molecule has 1 N–H and O–H groups in total. The van der Waals surface area contributed by atoms with Crippen LogP contribution in [0.5, 0.6) is 0 Å². The summed E-state index contributed by atoms with van der Waals surface area (Å²) in [5.74, 6) is 0.660. The molecule has 0 saturated carbocycles. The number of piperazine rings is 1. The van der Waals surface area contributed by atoms with Crippen LogP contribution in [0.15, 0.2) is 46.4 Å². The molecule has 0 aromatic heterocycles. The SMILES string of the molecule is O=C1N=C(CN2CCN(C(=O)NCC3CC=CCC3)CC2)N=C2C=CC=CC12. The maximum atomic E-state index is 12.4. The van der Waals surface area contributed by atoms with Crippen molar-refractivity contribution in [3.8, 4) is 0 Å². The van der Waals surface area contributed by atoms with Crippen molar-refractivity contribution in [2.24, 2.45) is 21.8 Å². The van der Waals surface area contributed by atoms with E-state index in [1.54, 1.807) is 0 Å². The van der Waals surface area contributed by atoms with Gasteiger partial charge in [0.1, 0.15) is 11.8 Å². The third-order valence-electron chi connectivity index (χ3n) is 5.71. The summed E-state index contributed by atoms with van der Waals surface area (Å²) in [4.78, 5) is 37.4. The summed E-state index contributed by atoms with van der Waals surface area (Å²) >= 11 is 0. The van der Waals surface area contributed by atoms with Crippen LogP contribution in [-0.4, -0.2) is 72.6 Å². The van der Waals surface area contributed by atoms with Crippen LogP contribution in [0.1, 0.15) is 19.3 Å². The number of hydrogen-bond donors (Lipinski definition) is 1. The lowest BCUT2D eigenvalue weighted by Crippen LogP contribution is -2.53. The maximum absolute atomic E-state index is 12.4. The zero-order valence-electron chi connectivity index (χ0n) is 16.1. The summed E-state index contributed by atoms with van der Waals surface area (Å²) in [7, 11) is 0. The molecular formula is C21H27N5O2. The van der Waals surface area contributed by atoms with E-state index in [1.807, 2.05) is 29.2 Å². The number of carbonyl (C=O) groups is 2. The van der Waals surface area contributed by atoms with Crippen LogP contribution in [0.25, 0.3) is 0 Å². The molecule has 0 aromatic carbocycles. The Kier molecular flexibility index (Phi) is 5.81. The fourth-order valence-electron chi connectivity index (χ4n) is 3.98. The van der Waals surface area contributed by atoms with Gasteiger partial charge in [-0.1, -0.05) is 30.4 Å². The minimum Gasteiger partial charge on any atom is -0.338 e. The first-order valence-corrected chi connectivity index (χ1v) is 10.1. The molecule has 2 unspecified atom stereocenters. The topological polar surface area (TPSA) is 77.4 Å². The predicted molar refractivity (Wildman–Crippen MR) is 110 cm³/mol. The Morgan fingerprint density at radius 2 is 2.00 bits per heavy atom. The molecule has 2 atom stereocenters. The first kappa shape index (κ1) is 18.8. The number of hydrogen-bond acceptors (Lipinski definition) is 4. The van der Waals surface area contributed by atoms with Gasteiger partial charge in [-0.2, -0.15) is 4.99 Å². The van der Waals surface area contributed by atoms with Crippen molar-refractivity contribution in [1.82, 2.24) is 15.1 Å². The average molecular weight is 381 g/mol. The molecule has 28 heavy (non-hydrogen) atoms. The van der Waals surface area contributed by atoms with E-state index in [-0.39, 0.29) is 17.9 Å². The van der Waals surface area contributed by atoms with Crippen LogP contribution < -0.4 is 5.32 Å². The second-order valence-electron chi connectivity index (χ2n) is 7.72. The minimum atomic E-state index is -0.325. The molecular weight excluding hydrogens is 354 g/mol. The van der Waals surface area contributed by atoms with Crippen molar-refractivity contribution in [1.29, 1.82) is 0 Å². The fraction of sp³-hybridized carbons (Fsp3) is 0.524. The van der Waals surface area contributed by atoms with Gasteiger partial charge in [0.15, 0.2) is 0 Å². The van der Waals surface area contributed by atoms with Crippen molar-refractivity contribution < 1.29 is 9.59 Å². The first-order valence-electron chi connectivity index (χ1n) is 10.1. The van der Waals surface area contributed by atoms with E-state index in [1.165, 1.54) is 0 Å². The number of aliphatic imine (C=N–C) groups is 2. The number of rotatable bonds is 4. The van der Waals surface area contributed by atoms with Gasteiger partial charge in [0.2, 0.25) is 0 Å². The first-order chi connectivity index (χ1) is 13.7. The molecule has 7 heteroatoms. The van der Waals surface area contributed by atoms with Gasteiger partial charge < -0.3 is 10.2 Å². The summed E-state index contributed by atoms with van der Waals surface area (Å²) in [6.07, 6.45) is 15.2. The molecule has 1 saturated heterocycles. The summed E-state index contributed by atoms with van der Waals surface area (Å²) in [5, 5.41) is 3.09. The second-order valence-corrected chi connectivity index (χ2v) is 7.72. The molecule has 2 heterocycles. The van der Waals surface area contributed by atoms with E-state index in [2.05, 4.69) is 32.4 Å². The average Bonchev–Trinajstić information content (AvgIpc) is 2.73. The Morgan fingerprint density at radius 3 is 2.79 bits per heavy atom. The monoisotopic (exact) mass is 381 g/mol. The molecule has 1 fully saturated rings. The molecule has 0 bridgehead atoms. The Morgan fingerprint density at radius 1 is 1.14 bits per heavy atom. The highest BCUT2D eigenvalue weighted by Gasteiger charge is 2.28. The van der Waals surface area contributed by atoms with Crippen molar-refractivity contribution in [2.45, 2.75) is 19.3 Å². The fourth-order valence-corrected chi connectivity index (χ4v) is 3.98. The molecule has 4 rings (SSSR count). The smallest absolute Gasteiger partial charge is 0.317 e. The van der Waals surface area contributed by atoms with Gasteiger partial charge in [0, 0.05) is 32.7 Å². The number of allylic oxidation sites excluding steroid dienone is 5. The van der Waals surface area contributed by atoms with Gasteiger partial charge in [-0.05, 0) is 31.3 Å². The maximum Gasteiger partial charge on any atom is 0.317 e. The van der Waals surface area contributed by atoms with Gasteiger partial charge in [0.05, 0.1) is 12.3 Å². The molecule has 0 radical (unpaired) electrons. The third kappa shape index (κ3) is 4.47. The van der Waals surface area contributed by atoms with Crippen molar-refractivity contribution in [3.05, 3.63) is 36.5 Å². The number of fused-ring (bicyclic) bond motifs is 1. The van der Waals surface area contributed by atoms with E-state index >= 15 is 0 Å². The highest BCUT2D eigenvalue weighted by atomic mass is 16.2. The highest BCUT2D eigenvalue weighted by molar-refractivity contribution is 6.21. The van der Waals surface area contributed by atoms with E-state index in [4.69, 9.17) is 0 Å². The standard InChI is InChI=1S/C21H27N5O2/c27-20-17-8-4-5-9-18(17)23-19(24-20)15-25-10-12-26(13-11-25)21(28)22-14-16-6-2-1-3-7-16/h1-2,4-5,8-9,16-17H,3,6-7,10-15H2,(H,22,28). The van der Waals surface area contributed by atoms with Crippen LogP contribution in [0.3, 0.4) is 0 Å². The third-order valence-corrected chi connectivity index (χ3v) is 5.71. The van der Waals surface area contributed by atoms with Crippen LogP contribution >= 0.6 is 0 Å². The van der Waals surface area contributed by atoms with Gasteiger partial charge in [0.25, 0.3) is 5.91 Å². The molecule has 2 aliphatic heterocycles. The Bertz CT molecular complexity index is 772. The second kappa shape index (κ2) is 8.65. The number of amidine groups is 1. The summed E-state index contributed by atoms with van der Waals surface area (Å²) < 4.78 is 0. The van der Waals surface area contributed by atoms with E-state index in [9.17, 15) is 9.59 Å². The lowest BCUT2D eigenvalue weighted by Gasteiger charge is -2.35. The normalized spacial score (nSPS) is 27.3. The lowest BCUT2D eigenvalue weighted by molar-refractivity contribution is -0.118. The van der Waals surface area contributed by atoms with E-state index in [0.29, 0.717) is 31.4 Å². The van der Waals surface area contributed by atoms with Crippen molar-refractivity contribution in [3.63, 3.8) is 0 Å².